The van der Waals surface area contributed by atoms with Gasteiger partial charge in [0.2, 0.25) is 0 Å². The summed E-state index contributed by atoms with van der Waals surface area (Å²) < 4.78 is 18.7. The summed E-state index contributed by atoms with van der Waals surface area (Å²) in [4.78, 5) is 27.3. The minimum absolute atomic E-state index is 0.0450. The summed E-state index contributed by atoms with van der Waals surface area (Å²) in [6, 6.07) is 5.01. The predicted molar refractivity (Wildman–Crippen MR) is 128 cm³/mol. The Labute approximate surface area is 201 Å². The van der Waals surface area contributed by atoms with Crippen molar-refractivity contribution in [2.24, 2.45) is 0 Å². The van der Waals surface area contributed by atoms with Gasteiger partial charge in [0.15, 0.2) is 34.2 Å². The maximum absolute atomic E-state index is 11.5. The largest absolute Gasteiger partial charge is 0.487 e. The Morgan fingerprint density at radius 2 is 2.12 bits per heavy atom. The average Bonchev–Trinajstić information content (AvgIpc) is 3.26. The summed E-state index contributed by atoms with van der Waals surface area (Å²) in [5, 5.41) is 12.0. The highest BCUT2D eigenvalue weighted by molar-refractivity contribution is 7.98. The van der Waals surface area contributed by atoms with Crippen LogP contribution in [0.2, 0.25) is 0 Å². The zero-order valence-electron chi connectivity index (χ0n) is 19.5. The number of hydrogen-bond acceptors (Lipinski definition) is 10. The van der Waals surface area contributed by atoms with Crippen molar-refractivity contribution in [1.29, 1.82) is 0 Å². The molecule has 1 aliphatic rings. The fourth-order valence-corrected chi connectivity index (χ4v) is 4.52. The molecule has 0 spiro atoms. The van der Waals surface area contributed by atoms with Crippen molar-refractivity contribution in [2.45, 2.75) is 44.5 Å². The van der Waals surface area contributed by atoms with E-state index in [4.69, 9.17) is 24.2 Å². The molecular formula is C22H28N6O5S. The fraction of sp³-hybridized carbons (Fsp3) is 0.500. The van der Waals surface area contributed by atoms with Gasteiger partial charge in [0.05, 0.1) is 31.0 Å². The molecule has 0 saturated carbocycles. The molecule has 11 nitrogen and oxygen atoms in total. The van der Waals surface area contributed by atoms with Crippen LogP contribution in [0.15, 0.2) is 29.7 Å². The Morgan fingerprint density at radius 3 is 2.85 bits per heavy atom. The fourth-order valence-electron chi connectivity index (χ4n) is 3.74. The number of anilines is 1. The number of thioether (sulfide) groups is 1. The molecule has 12 heteroatoms. The first kappa shape index (κ1) is 24.2. The van der Waals surface area contributed by atoms with Crippen LogP contribution in [0.25, 0.3) is 11.2 Å². The van der Waals surface area contributed by atoms with E-state index in [2.05, 4.69) is 9.88 Å². The van der Waals surface area contributed by atoms with Crippen LogP contribution >= 0.6 is 11.8 Å². The maximum Gasteiger partial charge on any atom is 0.311 e. The molecule has 1 fully saturated rings. The number of ether oxygens (including phenoxy) is 3. The van der Waals surface area contributed by atoms with Crippen molar-refractivity contribution < 1.29 is 19.1 Å². The smallest absolute Gasteiger partial charge is 0.311 e. The van der Waals surface area contributed by atoms with Gasteiger partial charge in [0, 0.05) is 31.5 Å². The molecule has 2 aromatic heterocycles. The van der Waals surface area contributed by atoms with Crippen LogP contribution in [0.3, 0.4) is 0 Å². The van der Waals surface area contributed by atoms with Crippen LogP contribution in [0.1, 0.15) is 26.3 Å². The number of imidazole rings is 1. The molecule has 3 heterocycles. The Morgan fingerprint density at radius 1 is 1.26 bits per heavy atom. The van der Waals surface area contributed by atoms with E-state index >= 15 is 0 Å². The van der Waals surface area contributed by atoms with Crippen molar-refractivity contribution >= 4 is 34.4 Å². The van der Waals surface area contributed by atoms with Gasteiger partial charge in [-0.05, 0) is 32.4 Å². The molecule has 4 rings (SSSR count). The molecule has 34 heavy (non-hydrogen) atoms. The molecular weight excluding hydrogens is 460 g/mol. The molecule has 1 unspecified atom stereocenters. The van der Waals surface area contributed by atoms with Crippen molar-refractivity contribution in [3.8, 4) is 5.75 Å². The number of nitro groups is 1. The third-order valence-corrected chi connectivity index (χ3v) is 6.26. The van der Waals surface area contributed by atoms with Gasteiger partial charge in [-0.15, -0.1) is 0 Å². The maximum atomic E-state index is 11.5. The van der Waals surface area contributed by atoms with Crippen molar-refractivity contribution in [2.75, 3.05) is 37.8 Å². The zero-order valence-corrected chi connectivity index (χ0v) is 20.3. The van der Waals surface area contributed by atoms with Gasteiger partial charge in [-0.3, -0.25) is 10.1 Å². The number of aromatic nitrogens is 4. The van der Waals surface area contributed by atoms with E-state index < -0.39 is 4.92 Å². The van der Waals surface area contributed by atoms with Crippen LogP contribution in [-0.2, 0) is 21.8 Å². The second kappa shape index (κ2) is 11.0. The number of nitro benzene ring substituents is 1. The van der Waals surface area contributed by atoms with Gasteiger partial charge in [-0.2, -0.15) is 0 Å². The Kier molecular flexibility index (Phi) is 7.80. The summed E-state index contributed by atoms with van der Waals surface area (Å²) in [5.41, 5.74) is 2.24. The van der Waals surface area contributed by atoms with E-state index in [1.807, 2.05) is 24.5 Å². The number of aryl methyl sites for hydroxylation is 1. The van der Waals surface area contributed by atoms with E-state index in [0.717, 1.165) is 29.1 Å². The summed E-state index contributed by atoms with van der Waals surface area (Å²) in [6.07, 6.45) is 1.45. The standard InChI is InChI=1S/C22H28N6O5S/c1-4-26-14-23-19-20(26)24-22(25-21(19)27-9-10-33-18(12-27)32-6-3)34-13-15-7-8-17(31-5-2)16(11-15)28(29)30/h7-8,11,14,18H,4-6,9-10,12-13H2,1-3H3. The van der Waals surface area contributed by atoms with Gasteiger partial charge in [-0.25, -0.2) is 15.0 Å². The Bertz CT molecular complexity index is 1150. The number of hydrogen-bond donors (Lipinski definition) is 0. The number of fused-ring (bicyclic) bond motifs is 1. The van der Waals surface area contributed by atoms with Gasteiger partial charge >= 0.3 is 5.69 Å². The quantitative estimate of drug-likeness (QED) is 0.181. The zero-order chi connectivity index (χ0) is 24.1. The molecule has 1 saturated heterocycles. The van der Waals surface area contributed by atoms with Gasteiger partial charge in [0.1, 0.15) is 0 Å². The van der Waals surface area contributed by atoms with Crippen molar-refractivity contribution in [1.82, 2.24) is 19.5 Å². The van der Waals surface area contributed by atoms with E-state index in [-0.39, 0.29) is 17.7 Å². The first-order chi connectivity index (χ1) is 16.5. The van der Waals surface area contributed by atoms with Gasteiger partial charge in [-0.1, -0.05) is 17.8 Å². The highest BCUT2D eigenvalue weighted by atomic mass is 32.2. The number of benzene rings is 1. The minimum Gasteiger partial charge on any atom is -0.487 e. The van der Waals surface area contributed by atoms with Crippen LogP contribution in [0, 0.1) is 10.1 Å². The highest BCUT2D eigenvalue weighted by Crippen LogP contribution is 2.32. The second-order valence-electron chi connectivity index (χ2n) is 7.52. The van der Waals surface area contributed by atoms with E-state index in [9.17, 15) is 10.1 Å². The lowest BCUT2D eigenvalue weighted by Gasteiger charge is -2.33. The summed E-state index contributed by atoms with van der Waals surface area (Å²) in [5.74, 6) is 1.48. The molecule has 0 aliphatic carbocycles. The molecule has 0 bridgehead atoms. The highest BCUT2D eigenvalue weighted by Gasteiger charge is 2.26. The lowest BCUT2D eigenvalue weighted by molar-refractivity contribution is -0.385. The minimum atomic E-state index is -0.424. The van der Waals surface area contributed by atoms with E-state index in [1.54, 1.807) is 25.4 Å². The van der Waals surface area contributed by atoms with E-state index in [0.29, 0.717) is 43.8 Å². The van der Waals surface area contributed by atoms with Crippen molar-refractivity contribution in [3.63, 3.8) is 0 Å². The lowest BCUT2D eigenvalue weighted by atomic mass is 10.2. The Hall–Kier alpha value is -2.96. The van der Waals surface area contributed by atoms with Crippen LogP contribution < -0.4 is 9.64 Å². The number of rotatable bonds is 10. The summed E-state index contributed by atoms with van der Waals surface area (Å²) in [7, 11) is 0. The van der Waals surface area contributed by atoms with Crippen LogP contribution in [-0.4, -0.2) is 63.6 Å². The average molecular weight is 489 g/mol. The van der Waals surface area contributed by atoms with Crippen molar-refractivity contribution in [3.05, 3.63) is 40.2 Å². The second-order valence-corrected chi connectivity index (χ2v) is 8.46. The molecule has 182 valence electrons. The van der Waals surface area contributed by atoms with E-state index in [1.165, 1.54) is 11.8 Å². The van der Waals surface area contributed by atoms with Gasteiger partial charge < -0.3 is 23.7 Å². The number of nitrogens with zero attached hydrogens (tertiary/aromatic N) is 6. The number of morpholine rings is 1. The molecule has 3 aromatic rings. The molecule has 0 radical (unpaired) electrons. The molecule has 1 atom stereocenters. The normalized spacial score (nSPS) is 16.2. The Balaban J connectivity index is 1.62. The predicted octanol–water partition coefficient (Wildman–Crippen LogP) is 3.64. The first-order valence-corrected chi connectivity index (χ1v) is 12.3. The molecule has 1 aromatic carbocycles. The van der Waals surface area contributed by atoms with Gasteiger partial charge in [0.25, 0.3) is 0 Å². The summed E-state index contributed by atoms with van der Waals surface area (Å²) >= 11 is 1.42. The molecule has 0 N–H and O–H groups in total. The molecule has 1 aliphatic heterocycles. The van der Waals surface area contributed by atoms with Crippen LogP contribution in [0.5, 0.6) is 5.75 Å². The third kappa shape index (κ3) is 5.24. The van der Waals surface area contributed by atoms with Crippen LogP contribution in [0.4, 0.5) is 11.5 Å². The third-order valence-electron chi connectivity index (χ3n) is 5.34. The lowest BCUT2D eigenvalue weighted by Crippen LogP contribution is -2.44. The SMILES string of the molecule is CCOc1ccc(CSc2nc(N3CCOC(OCC)C3)c3ncn(CC)c3n2)cc1[N+](=O)[O-]. The monoisotopic (exact) mass is 488 g/mol. The topological polar surface area (TPSA) is 118 Å². The first-order valence-electron chi connectivity index (χ1n) is 11.3. The molecule has 0 amide bonds. The summed E-state index contributed by atoms with van der Waals surface area (Å²) in [6.45, 7) is 9.18.